The predicted octanol–water partition coefficient (Wildman–Crippen LogP) is 2.79. The third-order valence-corrected chi connectivity index (χ3v) is 3.84. The van der Waals surface area contributed by atoms with E-state index in [4.69, 9.17) is 2.74 Å². The van der Waals surface area contributed by atoms with Crippen molar-refractivity contribution in [2.45, 2.75) is 38.9 Å². The minimum absolute atomic E-state index is 0.157. The zero-order valence-electron chi connectivity index (χ0n) is 12.6. The van der Waals surface area contributed by atoms with Crippen LogP contribution in [0, 0.1) is 6.92 Å². The van der Waals surface area contributed by atoms with Gasteiger partial charge in [-0.3, -0.25) is 4.90 Å². The van der Waals surface area contributed by atoms with Crippen LogP contribution in [0.5, 0.6) is 0 Å². The van der Waals surface area contributed by atoms with Gasteiger partial charge in [-0.15, -0.1) is 0 Å². The largest absolute Gasteiger partial charge is 0.354 e. The Morgan fingerprint density at radius 3 is 2.76 bits per heavy atom. The lowest BCUT2D eigenvalue weighted by molar-refractivity contribution is 0.273. The number of nitrogens with zero attached hydrogens (tertiary/aromatic N) is 2. The second-order valence-electron chi connectivity index (χ2n) is 4.95. The number of anilines is 1. The summed E-state index contributed by atoms with van der Waals surface area (Å²) >= 11 is 0. The van der Waals surface area contributed by atoms with E-state index in [9.17, 15) is 0 Å². The van der Waals surface area contributed by atoms with Gasteiger partial charge in [0.05, 0.1) is 15.4 Å². The Bertz CT molecular complexity index is 527. The molecule has 2 aliphatic heterocycles. The van der Waals surface area contributed by atoms with Crippen LogP contribution in [0.15, 0.2) is 36.4 Å². The van der Waals surface area contributed by atoms with E-state index in [0.717, 1.165) is 5.69 Å². The van der Waals surface area contributed by atoms with Crippen molar-refractivity contribution in [2.24, 2.45) is 0 Å². The number of fused-ring (bicyclic) bond motifs is 1. The van der Waals surface area contributed by atoms with Crippen molar-refractivity contribution < 1.29 is 2.74 Å². The van der Waals surface area contributed by atoms with Gasteiger partial charge in [0.25, 0.3) is 0 Å². The number of benzene rings is 1. The first-order chi connectivity index (χ1) is 8.93. The molecule has 4 atom stereocenters. The zero-order chi connectivity index (χ0) is 13.8. The van der Waals surface area contributed by atoms with E-state index in [-0.39, 0.29) is 12.1 Å². The molecule has 0 aromatic heterocycles. The van der Waals surface area contributed by atoms with Crippen LogP contribution in [0.3, 0.4) is 0 Å². The van der Waals surface area contributed by atoms with E-state index in [2.05, 4.69) is 37.0 Å². The Morgan fingerprint density at radius 2 is 2.06 bits per heavy atom. The molecule has 0 amide bonds. The molecule has 0 saturated carbocycles. The van der Waals surface area contributed by atoms with Gasteiger partial charge in [-0.1, -0.05) is 30.4 Å². The maximum atomic E-state index is 8.53. The van der Waals surface area contributed by atoms with Gasteiger partial charge < -0.3 is 4.90 Å². The van der Waals surface area contributed by atoms with Crippen molar-refractivity contribution >= 4 is 5.69 Å². The lowest BCUT2D eigenvalue weighted by Gasteiger charge is -2.26. The lowest BCUT2D eigenvalue weighted by Crippen LogP contribution is -2.32. The monoisotopic (exact) mass is 230 g/mol. The molecule has 0 radical (unpaired) electrons. The average molecular weight is 230 g/mol. The highest BCUT2D eigenvalue weighted by Gasteiger charge is 2.40. The van der Waals surface area contributed by atoms with Crippen molar-refractivity contribution in [3.05, 3.63) is 42.0 Å². The van der Waals surface area contributed by atoms with Gasteiger partial charge in [-0.2, -0.15) is 0 Å². The van der Waals surface area contributed by atoms with Crippen molar-refractivity contribution in [1.29, 1.82) is 0 Å². The summed E-state index contributed by atoms with van der Waals surface area (Å²) in [5, 5.41) is 0. The normalized spacial score (nSPS) is 42.5. The fraction of sp³-hybridized carbons (Fsp3) is 0.467. The summed E-state index contributed by atoms with van der Waals surface area (Å²) in [5.74, 6) is 0. The molecule has 0 bridgehead atoms. The number of hydrogen-bond donors (Lipinski definition) is 0. The average Bonchev–Trinajstić information content (AvgIpc) is 2.79. The van der Waals surface area contributed by atoms with Crippen LogP contribution >= 0.6 is 0 Å². The number of aryl methyl sites for hydroxylation is 1. The molecule has 2 heterocycles. The maximum absolute atomic E-state index is 8.53. The maximum Gasteiger partial charge on any atom is 0.0721 e. The van der Waals surface area contributed by atoms with E-state index < -0.39 is 12.7 Å². The van der Waals surface area contributed by atoms with Crippen LogP contribution < -0.4 is 4.90 Å². The van der Waals surface area contributed by atoms with Gasteiger partial charge in [-0.05, 0) is 32.4 Å². The second kappa shape index (κ2) is 3.88. The summed E-state index contributed by atoms with van der Waals surface area (Å²) in [4.78, 5) is 4.08. The summed E-state index contributed by atoms with van der Waals surface area (Å²) in [6.07, 6.45) is 3.99. The molecule has 3 rings (SSSR count). The van der Waals surface area contributed by atoms with E-state index in [1.54, 1.807) is 0 Å². The number of rotatable bonds is 1. The Balaban J connectivity index is 2.02. The summed E-state index contributed by atoms with van der Waals surface area (Å²) < 4.78 is 16.9. The molecule has 2 aliphatic rings. The quantitative estimate of drug-likeness (QED) is 0.685. The molecular weight excluding hydrogens is 208 g/mol. The highest BCUT2D eigenvalue weighted by molar-refractivity contribution is 5.55. The fourth-order valence-corrected chi connectivity index (χ4v) is 2.75. The van der Waals surface area contributed by atoms with E-state index in [1.165, 1.54) is 5.56 Å². The second-order valence-corrected chi connectivity index (χ2v) is 4.95. The Hall–Kier alpha value is -1.28. The number of para-hydroxylation sites is 1. The molecule has 0 spiro atoms. The van der Waals surface area contributed by atoms with Gasteiger partial charge in [0.1, 0.15) is 0 Å². The van der Waals surface area contributed by atoms with E-state index in [1.807, 2.05) is 30.0 Å². The molecule has 1 aromatic rings. The van der Waals surface area contributed by atoms with Crippen LogP contribution in [-0.2, 0) is 0 Å². The van der Waals surface area contributed by atoms with Crippen molar-refractivity contribution in [3.8, 4) is 0 Å². The summed E-state index contributed by atoms with van der Waals surface area (Å²) in [5.41, 5.74) is 2.29. The van der Waals surface area contributed by atoms with Gasteiger partial charge >= 0.3 is 0 Å². The molecule has 17 heavy (non-hydrogen) atoms. The zero-order valence-corrected chi connectivity index (χ0v) is 10.6. The molecule has 1 fully saturated rings. The van der Waals surface area contributed by atoms with Crippen LogP contribution in [0.1, 0.15) is 22.2 Å². The van der Waals surface area contributed by atoms with Gasteiger partial charge in [0.15, 0.2) is 0 Å². The first-order valence-corrected chi connectivity index (χ1v) is 6.17. The van der Waals surface area contributed by atoms with E-state index >= 15 is 0 Å². The fourth-order valence-electron chi connectivity index (χ4n) is 2.75. The Morgan fingerprint density at radius 1 is 1.29 bits per heavy atom. The molecule has 0 N–H and O–H groups in total. The molecule has 1 saturated heterocycles. The standard InChI is InChI=1S/C15H20N2/c1-11-6-4-5-7-14(11)17-10-16-12(2)8-9-15(16)13(17)3/h4-9,12-13,15H,10H2,1-3H3/t12?,13-,15?/m0/s1/i10D,12D/t10?,12?,13-,15?. The van der Waals surface area contributed by atoms with Crippen LogP contribution in [0.2, 0.25) is 0 Å². The molecule has 0 aliphatic carbocycles. The number of hydrogen-bond acceptors (Lipinski definition) is 2. The first-order valence-electron chi connectivity index (χ1n) is 7.25. The topological polar surface area (TPSA) is 6.48 Å². The highest BCUT2D eigenvalue weighted by atomic mass is 15.4. The minimum atomic E-state index is -0.775. The molecule has 90 valence electrons. The van der Waals surface area contributed by atoms with Crippen molar-refractivity contribution in [3.63, 3.8) is 0 Å². The summed E-state index contributed by atoms with van der Waals surface area (Å²) in [6.45, 7) is 5.58. The van der Waals surface area contributed by atoms with Gasteiger partial charge in [0.2, 0.25) is 0 Å². The van der Waals surface area contributed by atoms with Gasteiger partial charge in [0, 0.05) is 17.7 Å². The summed E-state index contributed by atoms with van der Waals surface area (Å²) in [7, 11) is 0. The molecule has 1 aromatic carbocycles. The van der Waals surface area contributed by atoms with Crippen LogP contribution in [0.25, 0.3) is 0 Å². The van der Waals surface area contributed by atoms with Crippen LogP contribution in [-0.4, -0.2) is 29.6 Å². The third-order valence-electron chi connectivity index (χ3n) is 3.84. The molecule has 2 heteroatoms. The van der Waals surface area contributed by atoms with E-state index in [0.29, 0.717) is 0 Å². The lowest BCUT2D eigenvalue weighted by atomic mass is 10.1. The summed E-state index contributed by atoms with van der Waals surface area (Å²) in [6, 6.07) is 7.78. The smallest absolute Gasteiger partial charge is 0.0721 e. The molecular formula is C15H20N2. The predicted molar refractivity (Wildman–Crippen MR) is 72.2 cm³/mol. The Labute approximate surface area is 106 Å². The van der Waals surface area contributed by atoms with Gasteiger partial charge in [-0.25, -0.2) is 0 Å². The first kappa shape index (κ1) is 8.76. The molecule has 3 unspecified atom stereocenters. The van der Waals surface area contributed by atoms with Crippen LogP contribution in [0.4, 0.5) is 5.69 Å². The molecule has 2 nitrogen and oxygen atoms in total. The van der Waals surface area contributed by atoms with Crippen molar-refractivity contribution in [2.75, 3.05) is 11.5 Å². The SMILES string of the molecule is [2H]C1N(c2ccccc2C)[C@@H](C)C2C=CC([2H])(C)N21. The highest BCUT2D eigenvalue weighted by Crippen LogP contribution is 2.34. The van der Waals surface area contributed by atoms with Crippen molar-refractivity contribution in [1.82, 2.24) is 4.90 Å². The Kier molecular flexibility index (Phi) is 2.00. The minimum Gasteiger partial charge on any atom is -0.354 e. The third kappa shape index (κ3) is 1.59.